The number of aryl methyl sites for hydroxylation is 1. The van der Waals surface area contributed by atoms with E-state index in [0.717, 1.165) is 43.0 Å². The van der Waals surface area contributed by atoms with Crippen LogP contribution in [0.5, 0.6) is 0 Å². The summed E-state index contributed by atoms with van der Waals surface area (Å²) in [5, 5.41) is 3.11. The fraction of sp³-hybridized carbons (Fsp3) is 0.625. The number of carbonyl (C=O) groups is 1. The van der Waals surface area contributed by atoms with Crippen molar-refractivity contribution in [2.24, 2.45) is 0 Å². The number of nitrogens with zero attached hydrogens (tertiary/aromatic N) is 2. The normalized spacial score (nSPS) is 25.2. The molecule has 1 amide bonds. The Labute approximate surface area is 130 Å². The number of aromatic nitrogens is 2. The average Bonchev–Trinajstić information content (AvgIpc) is 3.15. The minimum Gasteiger partial charge on any atom is -0.498 e. The van der Waals surface area contributed by atoms with Gasteiger partial charge < -0.3 is 19.4 Å². The molecule has 22 heavy (non-hydrogen) atoms. The van der Waals surface area contributed by atoms with Gasteiger partial charge in [0.1, 0.15) is 17.7 Å². The maximum absolute atomic E-state index is 12.5. The van der Waals surface area contributed by atoms with Crippen molar-refractivity contribution in [1.82, 2.24) is 14.9 Å². The van der Waals surface area contributed by atoms with E-state index in [1.165, 1.54) is 0 Å². The molecule has 0 aromatic carbocycles. The first-order chi connectivity index (χ1) is 10.7. The Morgan fingerprint density at radius 2 is 2.36 bits per heavy atom. The quantitative estimate of drug-likeness (QED) is 0.923. The molecule has 2 aliphatic heterocycles. The lowest BCUT2D eigenvalue weighted by Gasteiger charge is -2.23. The van der Waals surface area contributed by atoms with Gasteiger partial charge in [0.15, 0.2) is 0 Å². The van der Waals surface area contributed by atoms with Gasteiger partial charge in [-0.15, -0.1) is 0 Å². The van der Waals surface area contributed by atoms with E-state index in [2.05, 4.69) is 21.8 Å². The van der Waals surface area contributed by atoms with Gasteiger partial charge in [0.25, 0.3) is 5.91 Å². The average molecular weight is 305 g/mol. The van der Waals surface area contributed by atoms with E-state index in [4.69, 9.17) is 9.47 Å². The Hall–Kier alpha value is -1.82. The summed E-state index contributed by atoms with van der Waals surface area (Å²) in [5.41, 5.74) is 0.760. The van der Waals surface area contributed by atoms with Crippen LogP contribution in [0.3, 0.4) is 0 Å². The highest BCUT2D eigenvalue weighted by atomic mass is 16.5. The van der Waals surface area contributed by atoms with Gasteiger partial charge in [-0.25, -0.2) is 4.98 Å². The number of hydrogen-bond acceptors (Lipinski definition) is 4. The van der Waals surface area contributed by atoms with E-state index in [0.29, 0.717) is 13.2 Å². The third-order valence-corrected chi connectivity index (χ3v) is 4.34. The monoisotopic (exact) mass is 305 g/mol. The minimum atomic E-state index is -0.177. The SMILES string of the molecule is CCn1ccnc1[C@H]1OCC[C@@H]1NC(=O)C1=C(C)OCCC1. The molecule has 1 aromatic rings. The Morgan fingerprint density at radius 1 is 1.50 bits per heavy atom. The topological polar surface area (TPSA) is 65.4 Å². The fourth-order valence-corrected chi connectivity index (χ4v) is 3.10. The summed E-state index contributed by atoms with van der Waals surface area (Å²) in [6.07, 6.45) is 6.02. The van der Waals surface area contributed by atoms with Crippen molar-refractivity contribution < 1.29 is 14.3 Å². The Balaban J connectivity index is 1.73. The number of nitrogens with one attached hydrogen (secondary N) is 1. The Kier molecular flexibility index (Phi) is 4.47. The summed E-state index contributed by atoms with van der Waals surface area (Å²) < 4.78 is 13.4. The van der Waals surface area contributed by atoms with Gasteiger partial charge in [0.05, 0.1) is 18.2 Å². The van der Waals surface area contributed by atoms with Gasteiger partial charge in [-0.3, -0.25) is 4.79 Å². The molecule has 3 heterocycles. The standard InChI is InChI=1S/C16H23N3O3/c1-3-19-8-7-17-15(19)14-13(6-10-22-14)18-16(20)12-5-4-9-21-11(12)2/h7-8,13-14H,3-6,9-10H2,1-2H3,(H,18,20)/t13-,14-/m0/s1. The first-order valence-electron chi connectivity index (χ1n) is 7.96. The van der Waals surface area contributed by atoms with Crippen LogP contribution >= 0.6 is 0 Å². The molecule has 0 saturated carbocycles. The van der Waals surface area contributed by atoms with Gasteiger partial charge in [0, 0.05) is 25.5 Å². The minimum absolute atomic E-state index is 0.0349. The lowest BCUT2D eigenvalue weighted by molar-refractivity contribution is -0.119. The van der Waals surface area contributed by atoms with Crippen LogP contribution in [0.1, 0.15) is 45.0 Å². The summed E-state index contributed by atoms with van der Waals surface area (Å²) in [7, 11) is 0. The smallest absolute Gasteiger partial charge is 0.250 e. The molecule has 1 N–H and O–H groups in total. The molecule has 6 heteroatoms. The molecular weight excluding hydrogens is 282 g/mol. The number of rotatable bonds is 4. The molecule has 0 bridgehead atoms. The van der Waals surface area contributed by atoms with Crippen LogP contribution in [0.25, 0.3) is 0 Å². The number of hydrogen-bond donors (Lipinski definition) is 1. The van der Waals surface area contributed by atoms with Crippen molar-refractivity contribution in [2.75, 3.05) is 13.2 Å². The van der Waals surface area contributed by atoms with Crippen LogP contribution in [-0.4, -0.2) is 34.7 Å². The van der Waals surface area contributed by atoms with Crippen LogP contribution in [-0.2, 0) is 20.8 Å². The van der Waals surface area contributed by atoms with Gasteiger partial charge in [-0.05, 0) is 33.1 Å². The van der Waals surface area contributed by atoms with Gasteiger partial charge in [-0.1, -0.05) is 0 Å². The molecule has 2 atom stereocenters. The molecule has 0 radical (unpaired) electrons. The second-order valence-corrected chi connectivity index (χ2v) is 5.72. The van der Waals surface area contributed by atoms with Crippen molar-refractivity contribution >= 4 is 5.91 Å². The van der Waals surface area contributed by atoms with E-state index in [1.54, 1.807) is 6.20 Å². The van der Waals surface area contributed by atoms with Crippen molar-refractivity contribution in [3.05, 3.63) is 29.6 Å². The highest BCUT2D eigenvalue weighted by Gasteiger charge is 2.34. The molecule has 6 nitrogen and oxygen atoms in total. The van der Waals surface area contributed by atoms with E-state index in [-0.39, 0.29) is 18.1 Å². The zero-order valence-corrected chi connectivity index (χ0v) is 13.2. The molecule has 0 aliphatic carbocycles. The molecule has 2 aliphatic rings. The summed E-state index contributed by atoms with van der Waals surface area (Å²) in [6, 6.07) is -0.0394. The third-order valence-electron chi connectivity index (χ3n) is 4.34. The van der Waals surface area contributed by atoms with Gasteiger partial charge >= 0.3 is 0 Å². The summed E-state index contributed by atoms with van der Waals surface area (Å²) in [6.45, 7) is 6.11. The molecule has 1 aromatic heterocycles. The first-order valence-corrected chi connectivity index (χ1v) is 7.96. The number of imidazole rings is 1. The second-order valence-electron chi connectivity index (χ2n) is 5.72. The number of amides is 1. The van der Waals surface area contributed by atoms with Crippen LogP contribution in [0, 0.1) is 0 Å². The predicted molar refractivity (Wildman–Crippen MR) is 81.0 cm³/mol. The first kappa shape index (κ1) is 15.1. The van der Waals surface area contributed by atoms with E-state index >= 15 is 0 Å². The van der Waals surface area contributed by atoms with Crippen molar-refractivity contribution in [3.63, 3.8) is 0 Å². The van der Waals surface area contributed by atoms with E-state index in [1.807, 2.05) is 13.1 Å². The van der Waals surface area contributed by atoms with Crippen LogP contribution < -0.4 is 5.32 Å². The third kappa shape index (κ3) is 2.88. The molecule has 1 fully saturated rings. The summed E-state index contributed by atoms with van der Waals surface area (Å²) >= 11 is 0. The van der Waals surface area contributed by atoms with Crippen molar-refractivity contribution in [2.45, 2.75) is 51.8 Å². The zero-order valence-electron chi connectivity index (χ0n) is 13.2. The van der Waals surface area contributed by atoms with Crippen LogP contribution in [0.15, 0.2) is 23.7 Å². The number of ether oxygens (including phenoxy) is 2. The van der Waals surface area contributed by atoms with Gasteiger partial charge in [0.2, 0.25) is 0 Å². The summed E-state index contributed by atoms with van der Waals surface area (Å²) in [4.78, 5) is 16.9. The van der Waals surface area contributed by atoms with Crippen LogP contribution in [0.4, 0.5) is 0 Å². The highest BCUT2D eigenvalue weighted by Crippen LogP contribution is 2.29. The zero-order chi connectivity index (χ0) is 15.5. The van der Waals surface area contributed by atoms with E-state index < -0.39 is 0 Å². The fourth-order valence-electron chi connectivity index (χ4n) is 3.10. The largest absolute Gasteiger partial charge is 0.498 e. The molecule has 0 unspecified atom stereocenters. The maximum Gasteiger partial charge on any atom is 0.250 e. The molecule has 1 saturated heterocycles. The van der Waals surface area contributed by atoms with Crippen molar-refractivity contribution in [1.29, 1.82) is 0 Å². The lowest BCUT2D eigenvalue weighted by atomic mass is 10.0. The maximum atomic E-state index is 12.5. The molecule has 120 valence electrons. The predicted octanol–water partition coefficient (Wildman–Crippen LogP) is 1.93. The number of carbonyl (C=O) groups excluding carboxylic acids is 1. The Bertz CT molecular complexity index is 579. The van der Waals surface area contributed by atoms with Crippen LogP contribution in [0.2, 0.25) is 0 Å². The Morgan fingerprint density at radius 3 is 3.14 bits per heavy atom. The lowest BCUT2D eigenvalue weighted by Crippen LogP contribution is -2.39. The molecular formula is C16H23N3O3. The molecule has 3 rings (SSSR count). The van der Waals surface area contributed by atoms with Crippen molar-refractivity contribution in [3.8, 4) is 0 Å². The molecule has 0 spiro atoms. The second kappa shape index (κ2) is 6.52. The van der Waals surface area contributed by atoms with E-state index in [9.17, 15) is 4.79 Å². The summed E-state index contributed by atoms with van der Waals surface area (Å²) in [5.74, 6) is 1.59. The highest BCUT2D eigenvalue weighted by molar-refractivity contribution is 5.94. The van der Waals surface area contributed by atoms with Gasteiger partial charge in [-0.2, -0.15) is 0 Å². The number of allylic oxidation sites excluding steroid dienone is 1.